The van der Waals surface area contributed by atoms with Crippen molar-refractivity contribution in [1.29, 1.82) is 0 Å². The molecule has 1 aliphatic heterocycles. The molecular formula is C15H19N5O2. The molecule has 0 radical (unpaired) electrons. The van der Waals surface area contributed by atoms with Gasteiger partial charge in [-0.2, -0.15) is 5.10 Å². The van der Waals surface area contributed by atoms with Crippen LogP contribution in [0.5, 0.6) is 0 Å². The highest BCUT2D eigenvalue weighted by molar-refractivity contribution is 5.95. The number of para-hydroxylation sites is 1. The third kappa shape index (κ3) is 3.25. The number of nitrogens with one attached hydrogen (secondary N) is 2. The van der Waals surface area contributed by atoms with Gasteiger partial charge in [-0.05, 0) is 25.1 Å². The fourth-order valence-corrected chi connectivity index (χ4v) is 2.90. The number of aromatic amines is 2. The maximum Gasteiger partial charge on any atom is 0.340 e. The van der Waals surface area contributed by atoms with Crippen molar-refractivity contribution in [3.63, 3.8) is 0 Å². The van der Waals surface area contributed by atoms with E-state index >= 15 is 0 Å². The first-order chi connectivity index (χ1) is 10.6. The lowest BCUT2D eigenvalue weighted by Gasteiger charge is -2.20. The minimum absolute atomic E-state index is 0.165. The van der Waals surface area contributed by atoms with Gasteiger partial charge in [-0.3, -0.25) is 14.7 Å². The number of carbonyl (C=O) groups excluding carboxylic acids is 1. The molecule has 0 bridgehead atoms. The minimum atomic E-state index is -0.297. The average molecular weight is 301 g/mol. The number of hydrogen-bond donors (Lipinski definition) is 2. The summed E-state index contributed by atoms with van der Waals surface area (Å²) in [4.78, 5) is 29.7. The quantitative estimate of drug-likeness (QED) is 0.846. The Bertz CT molecular complexity index is 693. The standard InChI is InChI=1S/C15H19N5O2/c1-19(10-13-16-15(22)18-17-13)8-11-7-14(21)20(9-11)12-5-3-2-4-6-12/h2-6,11H,7-10H2,1H3,(H2,16,17,18,22)/t11-/m0/s1. The Morgan fingerprint density at radius 1 is 1.32 bits per heavy atom. The van der Waals surface area contributed by atoms with Crippen LogP contribution in [0.2, 0.25) is 0 Å². The molecular weight excluding hydrogens is 282 g/mol. The Balaban J connectivity index is 1.58. The monoisotopic (exact) mass is 301 g/mol. The SMILES string of the molecule is CN(Cc1n[nH]c(=O)[nH]1)C[C@@H]1CC(=O)N(c2ccccc2)C1. The summed E-state index contributed by atoms with van der Waals surface area (Å²) in [6.07, 6.45) is 0.552. The summed E-state index contributed by atoms with van der Waals surface area (Å²) in [6, 6.07) is 9.74. The average Bonchev–Trinajstić information content (AvgIpc) is 3.05. The van der Waals surface area contributed by atoms with E-state index in [0.717, 1.165) is 18.8 Å². The normalized spacial score (nSPS) is 18.4. The molecule has 1 aromatic heterocycles. The molecule has 1 aromatic carbocycles. The van der Waals surface area contributed by atoms with Gasteiger partial charge in [-0.25, -0.2) is 9.89 Å². The summed E-state index contributed by atoms with van der Waals surface area (Å²) in [5.41, 5.74) is 0.656. The molecule has 0 unspecified atom stereocenters. The van der Waals surface area contributed by atoms with Crippen molar-refractivity contribution in [2.45, 2.75) is 13.0 Å². The summed E-state index contributed by atoms with van der Waals surface area (Å²) in [6.45, 7) is 2.06. The van der Waals surface area contributed by atoms with Crippen LogP contribution in [0, 0.1) is 5.92 Å². The van der Waals surface area contributed by atoms with Gasteiger partial charge < -0.3 is 4.90 Å². The topological polar surface area (TPSA) is 85.1 Å². The van der Waals surface area contributed by atoms with Crippen LogP contribution in [0.25, 0.3) is 0 Å². The lowest BCUT2D eigenvalue weighted by atomic mass is 10.1. The number of carbonyl (C=O) groups is 1. The molecule has 7 heteroatoms. The Morgan fingerprint density at radius 2 is 2.09 bits per heavy atom. The van der Waals surface area contributed by atoms with Gasteiger partial charge in [-0.15, -0.1) is 0 Å². The fraction of sp³-hybridized carbons (Fsp3) is 0.400. The smallest absolute Gasteiger partial charge is 0.312 e. The van der Waals surface area contributed by atoms with Crippen LogP contribution in [0.3, 0.4) is 0 Å². The van der Waals surface area contributed by atoms with Crippen molar-refractivity contribution < 1.29 is 4.79 Å². The van der Waals surface area contributed by atoms with E-state index in [1.807, 2.05) is 42.3 Å². The third-order valence-electron chi connectivity index (χ3n) is 3.81. The van der Waals surface area contributed by atoms with Crippen LogP contribution < -0.4 is 10.6 Å². The van der Waals surface area contributed by atoms with Crippen LogP contribution in [0.15, 0.2) is 35.1 Å². The maximum atomic E-state index is 12.2. The first-order valence-corrected chi connectivity index (χ1v) is 7.29. The number of aromatic nitrogens is 3. The van der Waals surface area contributed by atoms with Crippen molar-refractivity contribution in [1.82, 2.24) is 20.1 Å². The number of anilines is 1. The van der Waals surface area contributed by atoms with Crippen LogP contribution in [0.4, 0.5) is 5.69 Å². The van der Waals surface area contributed by atoms with E-state index in [0.29, 0.717) is 18.8 Å². The lowest BCUT2D eigenvalue weighted by molar-refractivity contribution is -0.117. The van der Waals surface area contributed by atoms with Crippen LogP contribution in [-0.2, 0) is 11.3 Å². The number of benzene rings is 1. The molecule has 116 valence electrons. The van der Waals surface area contributed by atoms with E-state index in [4.69, 9.17) is 0 Å². The second-order valence-electron chi connectivity index (χ2n) is 5.73. The second-order valence-corrected chi connectivity index (χ2v) is 5.73. The summed E-state index contributed by atoms with van der Waals surface area (Å²) in [7, 11) is 1.96. The van der Waals surface area contributed by atoms with Gasteiger partial charge in [0.1, 0.15) is 5.82 Å². The summed E-state index contributed by atoms with van der Waals surface area (Å²) in [5, 5.41) is 6.25. The Hall–Kier alpha value is -2.41. The van der Waals surface area contributed by atoms with Gasteiger partial charge in [0, 0.05) is 25.2 Å². The molecule has 1 fully saturated rings. The molecule has 7 nitrogen and oxygen atoms in total. The molecule has 1 atom stereocenters. The zero-order valence-electron chi connectivity index (χ0n) is 12.5. The lowest BCUT2D eigenvalue weighted by Crippen LogP contribution is -2.29. The van der Waals surface area contributed by atoms with Crippen molar-refractivity contribution >= 4 is 11.6 Å². The van der Waals surface area contributed by atoms with E-state index < -0.39 is 0 Å². The van der Waals surface area contributed by atoms with Gasteiger partial charge in [0.05, 0.1) is 6.54 Å². The van der Waals surface area contributed by atoms with E-state index in [2.05, 4.69) is 20.1 Å². The van der Waals surface area contributed by atoms with Gasteiger partial charge in [0.15, 0.2) is 0 Å². The molecule has 22 heavy (non-hydrogen) atoms. The highest BCUT2D eigenvalue weighted by Crippen LogP contribution is 2.25. The molecule has 3 rings (SSSR count). The molecule has 0 saturated carbocycles. The Morgan fingerprint density at radius 3 is 2.77 bits per heavy atom. The van der Waals surface area contributed by atoms with E-state index in [1.54, 1.807) is 0 Å². The van der Waals surface area contributed by atoms with Crippen LogP contribution in [-0.4, -0.2) is 46.1 Å². The highest BCUT2D eigenvalue weighted by Gasteiger charge is 2.31. The van der Waals surface area contributed by atoms with Crippen molar-refractivity contribution in [3.8, 4) is 0 Å². The number of rotatable bonds is 5. The van der Waals surface area contributed by atoms with Crippen LogP contribution in [0.1, 0.15) is 12.2 Å². The largest absolute Gasteiger partial charge is 0.340 e. The molecule has 0 spiro atoms. The fourth-order valence-electron chi connectivity index (χ4n) is 2.90. The van der Waals surface area contributed by atoms with Gasteiger partial charge in [-0.1, -0.05) is 18.2 Å². The van der Waals surface area contributed by atoms with Gasteiger partial charge >= 0.3 is 5.69 Å². The summed E-state index contributed by atoms with van der Waals surface area (Å²) in [5.74, 6) is 1.05. The first-order valence-electron chi connectivity index (χ1n) is 7.29. The number of amides is 1. The molecule has 2 N–H and O–H groups in total. The number of hydrogen-bond acceptors (Lipinski definition) is 4. The molecule has 2 aromatic rings. The zero-order valence-corrected chi connectivity index (χ0v) is 12.5. The molecule has 1 aliphatic rings. The summed E-state index contributed by atoms with van der Waals surface area (Å²) >= 11 is 0. The minimum Gasteiger partial charge on any atom is -0.312 e. The van der Waals surface area contributed by atoms with E-state index in [1.165, 1.54) is 0 Å². The third-order valence-corrected chi connectivity index (χ3v) is 3.81. The zero-order chi connectivity index (χ0) is 15.5. The Kier molecular flexibility index (Phi) is 4.06. The van der Waals surface area contributed by atoms with E-state index in [9.17, 15) is 9.59 Å². The molecule has 1 amide bonds. The van der Waals surface area contributed by atoms with Crippen LogP contribution >= 0.6 is 0 Å². The van der Waals surface area contributed by atoms with Crippen molar-refractivity contribution in [3.05, 3.63) is 46.6 Å². The first kappa shape index (κ1) is 14.5. The predicted octanol–water partition coefficient (Wildman–Crippen LogP) is 0.583. The van der Waals surface area contributed by atoms with Gasteiger partial charge in [0.2, 0.25) is 5.91 Å². The second kappa shape index (κ2) is 6.15. The van der Waals surface area contributed by atoms with Gasteiger partial charge in [0.25, 0.3) is 0 Å². The van der Waals surface area contributed by atoms with Crippen molar-refractivity contribution in [2.24, 2.45) is 5.92 Å². The number of H-pyrrole nitrogens is 2. The molecule has 0 aliphatic carbocycles. The molecule has 1 saturated heterocycles. The highest BCUT2D eigenvalue weighted by atomic mass is 16.2. The molecule has 2 heterocycles. The number of nitrogens with zero attached hydrogens (tertiary/aromatic N) is 3. The van der Waals surface area contributed by atoms with Crippen molar-refractivity contribution in [2.75, 3.05) is 25.0 Å². The van der Waals surface area contributed by atoms with E-state index in [-0.39, 0.29) is 17.5 Å². The Labute approximate surface area is 127 Å². The predicted molar refractivity (Wildman–Crippen MR) is 82.4 cm³/mol. The summed E-state index contributed by atoms with van der Waals surface area (Å²) < 4.78 is 0. The maximum absolute atomic E-state index is 12.2.